The number of fused-ring (bicyclic) bond motifs is 1. The van der Waals surface area contributed by atoms with Crippen LogP contribution in [0.5, 0.6) is 11.5 Å². The van der Waals surface area contributed by atoms with E-state index in [0.29, 0.717) is 51.6 Å². The van der Waals surface area contributed by atoms with E-state index in [-0.39, 0.29) is 17.6 Å². The van der Waals surface area contributed by atoms with Crippen LogP contribution in [0, 0.1) is 5.41 Å². The van der Waals surface area contributed by atoms with Crippen molar-refractivity contribution >= 4 is 17.3 Å². The van der Waals surface area contributed by atoms with E-state index in [1.165, 1.54) is 12.8 Å². The normalized spacial score (nSPS) is 27.9. The lowest BCUT2D eigenvalue weighted by molar-refractivity contribution is -0.141. The van der Waals surface area contributed by atoms with Gasteiger partial charge in [-0.1, -0.05) is 6.92 Å². The number of benzene rings is 1. The SMILES string of the molecule is CC1(C2C=C(NC3CC3)c3cc(CCl)c(OC[C@H]4COCCO4)cc3O2)COC1. The van der Waals surface area contributed by atoms with Crippen LogP contribution in [0.3, 0.4) is 0 Å². The van der Waals surface area contributed by atoms with E-state index in [1.807, 2.05) is 6.07 Å². The maximum Gasteiger partial charge on any atom is 0.133 e. The van der Waals surface area contributed by atoms with E-state index in [1.54, 1.807) is 0 Å². The first kappa shape index (κ1) is 19.5. The molecule has 1 N–H and O–H groups in total. The lowest BCUT2D eigenvalue weighted by atomic mass is 9.80. The van der Waals surface area contributed by atoms with Crippen LogP contribution in [0.2, 0.25) is 0 Å². The summed E-state index contributed by atoms with van der Waals surface area (Å²) in [6.07, 6.45) is 4.55. The van der Waals surface area contributed by atoms with Crippen molar-refractivity contribution in [1.29, 1.82) is 0 Å². The van der Waals surface area contributed by atoms with E-state index < -0.39 is 0 Å². The van der Waals surface area contributed by atoms with Crippen molar-refractivity contribution in [1.82, 2.24) is 5.32 Å². The fourth-order valence-corrected chi connectivity index (χ4v) is 4.09. The minimum Gasteiger partial charge on any atom is -0.490 e. The topological polar surface area (TPSA) is 58.2 Å². The molecular weight excluding hydrogens is 394 g/mol. The molecule has 2 saturated heterocycles. The Morgan fingerprint density at radius 2 is 2.07 bits per heavy atom. The summed E-state index contributed by atoms with van der Waals surface area (Å²) in [5.41, 5.74) is 3.13. The molecule has 1 aromatic rings. The van der Waals surface area contributed by atoms with Crippen LogP contribution >= 0.6 is 11.6 Å². The average Bonchev–Trinajstić information content (AvgIpc) is 3.54. The van der Waals surface area contributed by atoms with Gasteiger partial charge >= 0.3 is 0 Å². The van der Waals surface area contributed by atoms with Gasteiger partial charge in [0.05, 0.1) is 44.3 Å². The second kappa shape index (κ2) is 7.99. The number of rotatable bonds is 7. The Hall–Kier alpha value is -1.47. The van der Waals surface area contributed by atoms with E-state index in [4.69, 9.17) is 35.3 Å². The molecule has 2 atom stereocenters. The molecule has 6 nitrogen and oxygen atoms in total. The Bertz CT molecular complexity index is 784. The van der Waals surface area contributed by atoms with E-state index in [0.717, 1.165) is 28.3 Å². The summed E-state index contributed by atoms with van der Waals surface area (Å²) in [6.45, 7) is 5.86. The summed E-state index contributed by atoms with van der Waals surface area (Å²) >= 11 is 6.26. The standard InChI is InChI=1S/C22H28ClNO5/c1-22(12-26-13-22)21-7-18(24-15-2-3-15)17-6-14(9-23)19(8-20(17)29-21)28-11-16-10-25-4-5-27-16/h6-8,15-16,21,24H,2-5,9-13H2,1H3/t16-,21?/m1/s1. The third-order valence-corrected chi connectivity index (χ3v) is 6.25. The van der Waals surface area contributed by atoms with Gasteiger partial charge in [0.25, 0.3) is 0 Å². The third kappa shape index (κ3) is 4.08. The zero-order valence-corrected chi connectivity index (χ0v) is 17.5. The molecule has 3 fully saturated rings. The maximum absolute atomic E-state index is 6.43. The highest BCUT2D eigenvalue weighted by Gasteiger charge is 2.44. The molecule has 0 aromatic heterocycles. The van der Waals surface area contributed by atoms with Gasteiger partial charge in [0, 0.05) is 28.9 Å². The quantitative estimate of drug-likeness (QED) is 0.683. The molecule has 3 heterocycles. The third-order valence-electron chi connectivity index (χ3n) is 5.97. The van der Waals surface area contributed by atoms with Crippen molar-refractivity contribution in [3.8, 4) is 11.5 Å². The van der Waals surface area contributed by atoms with Gasteiger partial charge in [-0.15, -0.1) is 11.6 Å². The van der Waals surface area contributed by atoms with Gasteiger partial charge in [0.2, 0.25) is 0 Å². The number of alkyl halides is 1. The molecule has 4 aliphatic rings. The largest absolute Gasteiger partial charge is 0.490 e. The minimum atomic E-state index is -0.0605. The molecule has 3 aliphatic heterocycles. The molecule has 158 valence electrons. The number of ether oxygens (including phenoxy) is 5. The lowest BCUT2D eigenvalue weighted by Crippen LogP contribution is -2.51. The van der Waals surface area contributed by atoms with Gasteiger partial charge in [0.15, 0.2) is 0 Å². The Morgan fingerprint density at radius 1 is 1.21 bits per heavy atom. The van der Waals surface area contributed by atoms with Crippen molar-refractivity contribution in [3.63, 3.8) is 0 Å². The van der Waals surface area contributed by atoms with E-state index in [9.17, 15) is 0 Å². The Labute approximate surface area is 176 Å². The highest BCUT2D eigenvalue weighted by Crippen LogP contribution is 2.43. The lowest BCUT2D eigenvalue weighted by Gasteiger charge is -2.44. The minimum absolute atomic E-state index is 0.00633. The summed E-state index contributed by atoms with van der Waals surface area (Å²) in [6, 6.07) is 4.62. The molecule has 1 aromatic carbocycles. The monoisotopic (exact) mass is 421 g/mol. The zero-order chi connectivity index (χ0) is 19.8. The molecule has 0 radical (unpaired) electrons. The van der Waals surface area contributed by atoms with Gasteiger partial charge in [-0.3, -0.25) is 0 Å². The summed E-state index contributed by atoms with van der Waals surface area (Å²) in [4.78, 5) is 0. The highest BCUT2D eigenvalue weighted by atomic mass is 35.5. The van der Waals surface area contributed by atoms with Crippen LogP contribution < -0.4 is 14.8 Å². The van der Waals surface area contributed by atoms with E-state index in [2.05, 4.69) is 24.4 Å². The second-order valence-electron chi connectivity index (χ2n) is 8.65. The van der Waals surface area contributed by atoms with Gasteiger partial charge in [-0.25, -0.2) is 0 Å². The molecule has 0 spiro atoms. The molecule has 1 aliphatic carbocycles. The summed E-state index contributed by atoms with van der Waals surface area (Å²) in [5.74, 6) is 1.95. The summed E-state index contributed by atoms with van der Waals surface area (Å²) in [7, 11) is 0. The molecule has 0 bridgehead atoms. The second-order valence-corrected chi connectivity index (χ2v) is 8.92. The predicted molar refractivity (Wildman–Crippen MR) is 110 cm³/mol. The van der Waals surface area contributed by atoms with Crippen molar-refractivity contribution in [2.75, 3.05) is 39.6 Å². The molecule has 7 heteroatoms. The molecule has 1 unspecified atom stereocenters. The van der Waals surface area contributed by atoms with Crippen LogP contribution in [0.1, 0.15) is 30.9 Å². The smallest absolute Gasteiger partial charge is 0.133 e. The summed E-state index contributed by atoms with van der Waals surface area (Å²) in [5, 5.41) is 3.67. The maximum atomic E-state index is 6.43. The number of halogens is 1. The van der Waals surface area contributed by atoms with Crippen LogP contribution in [0.25, 0.3) is 5.70 Å². The molecular formula is C22H28ClNO5. The van der Waals surface area contributed by atoms with Crippen molar-refractivity contribution in [3.05, 3.63) is 29.3 Å². The van der Waals surface area contributed by atoms with Crippen LogP contribution in [0.15, 0.2) is 18.2 Å². The number of hydrogen-bond donors (Lipinski definition) is 1. The summed E-state index contributed by atoms with van der Waals surface area (Å²) < 4.78 is 29.1. The fourth-order valence-electron chi connectivity index (χ4n) is 3.89. The van der Waals surface area contributed by atoms with Gasteiger partial charge < -0.3 is 29.0 Å². The predicted octanol–water partition coefficient (Wildman–Crippen LogP) is 3.11. The van der Waals surface area contributed by atoms with Crippen LogP contribution in [-0.4, -0.2) is 57.9 Å². The first-order valence-electron chi connectivity index (χ1n) is 10.4. The van der Waals surface area contributed by atoms with Crippen LogP contribution in [-0.2, 0) is 20.1 Å². The molecule has 5 rings (SSSR count). The Morgan fingerprint density at radius 3 is 2.72 bits per heavy atom. The van der Waals surface area contributed by atoms with E-state index >= 15 is 0 Å². The van der Waals surface area contributed by atoms with Crippen LogP contribution in [0.4, 0.5) is 0 Å². The number of nitrogens with one attached hydrogen (secondary N) is 1. The fraction of sp³-hybridized carbons (Fsp3) is 0.636. The Balaban J connectivity index is 1.41. The van der Waals surface area contributed by atoms with Gasteiger partial charge in [-0.2, -0.15) is 0 Å². The average molecular weight is 422 g/mol. The molecule has 0 amide bonds. The Kier molecular flexibility index (Phi) is 5.37. The highest BCUT2D eigenvalue weighted by molar-refractivity contribution is 6.17. The number of hydrogen-bond acceptors (Lipinski definition) is 6. The molecule has 29 heavy (non-hydrogen) atoms. The van der Waals surface area contributed by atoms with Crippen molar-refractivity contribution in [2.45, 2.75) is 43.9 Å². The first-order valence-corrected chi connectivity index (χ1v) is 11.0. The zero-order valence-electron chi connectivity index (χ0n) is 16.7. The van der Waals surface area contributed by atoms with Crippen molar-refractivity contribution in [2.24, 2.45) is 5.41 Å². The molecule has 1 saturated carbocycles. The van der Waals surface area contributed by atoms with Crippen molar-refractivity contribution < 1.29 is 23.7 Å². The van der Waals surface area contributed by atoms with Gasteiger partial charge in [-0.05, 0) is 25.0 Å². The van der Waals surface area contributed by atoms with Gasteiger partial charge in [0.1, 0.15) is 30.3 Å². The first-order chi connectivity index (χ1) is 14.1.